The molecule has 1 aromatic carbocycles. The first kappa shape index (κ1) is 26.4. The predicted molar refractivity (Wildman–Crippen MR) is 153 cm³/mol. The number of carbonyl (C=O) groups excluding carboxylic acids is 2. The zero-order valence-electron chi connectivity index (χ0n) is 22.3. The summed E-state index contributed by atoms with van der Waals surface area (Å²) in [6, 6.07) is 15.6. The number of anilines is 2. The second-order valence-corrected chi connectivity index (χ2v) is 11.1. The van der Waals surface area contributed by atoms with Crippen molar-refractivity contribution >= 4 is 34.8 Å². The van der Waals surface area contributed by atoms with E-state index in [2.05, 4.69) is 20.8 Å². The lowest BCUT2D eigenvalue weighted by Crippen LogP contribution is -2.29. The fraction of sp³-hybridized carbons (Fsp3) is 0.379. The van der Waals surface area contributed by atoms with Gasteiger partial charge in [-0.3, -0.25) is 9.59 Å². The van der Waals surface area contributed by atoms with Crippen molar-refractivity contribution in [1.29, 1.82) is 0 Å². The van der Waals surface area contributed by atoms with Crippen molar-refractivity contribution in [2.24, 2.45) is 0 Å². The van der Waals surface area contributed by atoms with Crippen LogP contribution < -0.4 is 10.6 Å². The number of ether oxygens (including phenoxy) is 2. The van der Waals surface area contributed by atoms with Gasteiger partial charge in [0.05, 0.1) is 16.3 Å². The van der Waals surface area contributed by atoms with Gasteiger partial charge in [0.1, 0.15) is 0 Å². The Morgan fingerprint density at radius 3 is 1.93 bits per heavy atom. The minimum atomic E-state index is -0.828. The Kier molecular flexibility index (Phi) is 7.76. The van der Waals surface area contributed by atoms with Crippen LogP contribution >= 0.6 is 11.3 Å². The van der Waals surface area contributed by atoms with Gasteiger partial charge in [0, 0.05) is 30.9 Å². The van der Waals surface area contributed by atoms with Gasteiger partial charge in [0.15, 0.2) is 24.1 Å². The highest BCUT2D eigenvalue weighted by Gasteiger charge is 2.26. The van der Waals surface area contributed by atoms with Crippen molar-refractivity contribution in [2.45, 2.75) is 57.9 Å². The summed E-state index contributed by atoms with van der Waals surface area (Å²) in [7, 11) is 0. The van der Waals surface area contributed by atoms with Crippen molar-refractivity contribution in [3.8, 4) is 21.8 Å². The van der Waals surface area contributed by atoms with E-state index < -0.39 is 11.8 Å². The monoisotopic (exact) mass is 560 g/mol. The third-order valence-corrected chi connectivity index (χ3v) is 8.03. The van der Waals surface area contributed by atoms with Gasteiger partial charge in [-0.15, -0.1) is 11.3 Å². The van der Waals surface area contributed by atoms with E-state index in [9.17, 15) is 9.59 Å². The van der Waals surface area contributed by atoms with Crippen LogP contribution in [0.15, 0.2) is 53.9 Å². The van der Waals surface area contributed by atoms with Crippen molar-refractivity contribution in [3.05, 3.63) is 59.5 Å². The Balaban J connectivity index is 1.21. The van der Waals surface area contributed by atoms with E-state index in [1.165, 1.54) is 0 Å². The van der Waals surface area contributed by atoms with E-state index >= 15 is 0 Å². The molecule has 2 aliphatic heterocycles. The summed E-state index contributed by atoms with van der Waals surface area (Å²) in [6.07, 6.45) is 5.33. The molecular formula is C29H32N6O4S. The number of thiophene rings is 1. The van der Waals surface area contributed by atoms with Gasteiger partial charge < -0.3 is 20.1 Å². The zero-order valence-corrected chi connectivity index (χ0v) is 23.2. The van der Waals surface area contributed by atoms with E-state index in [1.807, 2.05) is 48.7 Å². The summed E-state index contributed by atoms with van der Waals surface area (Å²) in [5.41, 5.74) is 3.75. The van der Waals surface area contributed by atoms with E-state index in [-0.39, 0.29) is 18.3 Å². The van der Waals surface area contributed by atoms with Crippen LogP contribution in [0.5, 0.6) is 0 Å². The van der Waals surface area contributed by atoms with E-state index in [0.29, 0.717) is 19.0 Å². The van der Waals surface area contributed by atoms with Crippen LogP contribution in [0.1, 0.15) is 56.5 Å². The summed E-state index contributed by atoms with van der Waals surface area (Å²) < 4.78 is 15.5. The summed E-state index contributed by atoms with van der Waals surface area (Å²) in [5.74, 6) is -1.08. The van der Waals surface area contributed by atoms with Crippen LogP contribution in [0.3, 0.4) is 0 Å². The Morgan fingerprint density at radius 2 is 1.40 bits per heavy atom. The molecule has 0 radical (unpaired) electrons. The van der Waals surface area contributed by atoms with Gasteiger partial charge >= 0.3 is 11.8 Å². The molecule has 208 valence electrons. The molecule has 0 spiro atoms. The molecule has 5 heterocycles. The highest BCUT2D eigenvalue weighted by molar-refractivity contribution is 7.13. The molecule has 2 amide bonds. The van der Waals surface area contributed by atoms with Crippen molar-refractivity contribution in [3.63, 3.8) is 0 Å². The molecule has 2 fully saturated rings. The summed E-state index contributed by atoms with van der Waals surface area (Å²) in [5, 5.41) is 16.5. The van der Waals surface area contributed by atoms with Crippen molar-refractivity contribution < 1.29 is 19.1 Å². The molecule has 0 bridgehead atoms. The van der Waals surface area contributed by atoms with E-state index in [4.69, 9.17) is 9.47 Å². The lowest BCUT2D eigenvalue weighted by atomic mass is 10.1. The van der Waals surface area contributed by atoms with E-state index in [1.54, 1.807) is 32.8 Å². The quantitative estimate of drug-likeness (QED) is 0.290. The molecule has 10 nitrogen and oxygen atoms in total. The highest BCUT2D eigenvalue weighted by atomic mass is 32.1. The zero-order chi connectivity index (χ0) is 27.5. The van der Waals surface area contributed by atoms with Crippen molar-refractivity contribution in [1.82, 2.24) is 19.6 Å². The predicted octanol–water partition coefficient (Wildman–Crippen LogP) is 5.76. The third-order valence-electron chi connectivity index (χ3n) is 7.14. The van der Waals surface area contributed by atoms with Crippen LogP contribution in [0.25, 0.3) is 21.8 Å². The maximum absolute atomic E-state index is 13.0. The van der Waals surface area contributed by atoms with Gasteiger partial charge in [-0.2, -0.15) is 10.2 Å². The number of hydrogen-bond donors (Lipinski definition) is 2. The standard InChI is InChI=1S/C29H32N6O4S/c1-19-10-12-20(13-11-19)21-17-24(32-34(21)26-8-2-4-14-38-26)30-28(36)29(37)31-25-18-22(23-7-6-16-40-23)35(33-25)27-9-3-5-15-39-27/h6-7,10-13,16-18,26-27H,2-5,8-9,14-15H2,1H3,(H,30,32,36)(H,31,33,37). The Morgan fingerprint density at radius 1 is 0.825 bits per heavy atom. The number of amides is 2. The van der Waals surface area contributed by atoms with Gasteiger partial charge in [0.25, 0.3) is 0 Å². The fourth-order valence-corrected chi connectivity index (χ4v) is 5.81. The summed E-state index contributed by atoms with van der Waals surface area (Å²) in [4.78, 5) is 26.9. The molecule has 3 aromatic heterocycles. The largest absolute Gasteiger partial charge is 0.356 e. The average molecular weight is 561 g/mol. The van der Waals surface area contributed by atoms with Gasteiger partial charge in [-0.1, -0.05) is 35.9 Å². The topological polar surface area (TPSA) is 112 Å². The maximum Gasteiger partial charge on any atom is 0.315 e. The SMILES string of the molecule is Cc1ccc(-c2cc(NC(=O)C(=O)Nc3cc(-c4cccs4)n(C4CCCCO4)n3)nn2C2CCCCO2)cc1. The van der Waals surface area contributed by atoms with Crippen LogP contribution in [-0.4, -0.2) is 44.6 Å². The fourth-order valence-electron chi connectivity index (χ4n) is 5.08. The minimum absolute atomic E-state index is 0.212. The lowest BCUT2D eigenvalue weighted by Gasteiger charge is -2.24. The second-order valence-electron chi connectivity index (χ2n) is 10.1. The number of aromatic nitrogens is 4. The molecular weight excluding hydrogens is 528 g/mol. The third kappa shape index (κ3) is 5.72. The van der Waals surface area contributed by atoms with Gasteiger partial charge in [-0.25, -0.2) is 9.36 Å². The number of nitrogens with one attached hydrogen (secondary N) is 2. The van der Waals surface area contributed by atoms with E-state index in [0.717, 1.165) is 65.9 Å². The molecule has 40 heavy (non-hydrogen) atoms. The second kappa shape index (κ2) is 11.7. The van der Waals surface area contributed by atoms with Crippen LogP contribution in [-0.2, 0) is 19.1 Å². The number of hydrogen-bond acceptors (Lipinski definition) is 7. The molecule has 2 saturated heterocycles. The molecule has 0 aliphatic carbocycles. The molecule has 11 heteroatoms. The van der Waals surface area contributed by atoms with Crippen LogP contribution in [0.4, 0.5) is 11.6 Å². The number of rotatable bonds is 6. The molecule has 4 aromatic rings. The number of benzene rings is 1. The first-order chi connectivity index (χ1) is 19.5. The Hall–Kier alpha value is -3.80. The molecule has 2 N–H and O–H groups in total. The first-order valence-corrected chi connectivity index (χ1v) is 14.6. The molecule has 2 unspecified atom stereocenters. The average Bonchev–Trinajstić information content (AvgIpc) is 3.75. The first-order valence-electron chi connectivity index (χ1n) is 13.7. The highest BCUT2D eigenvalue weighted by Crippen LogP contribution is 2.33. The number of carbonyl (C=O) groups is 2. The summed E-state index contributed by atoms with van der Waals surface area (Å²) in [6.45, 7) is 3.36. The molecule has 6 rings (SSSR count). The lowest BCUT2D eigenvalue weighted by molar-refractivity contribution is -0.133. The Bertz CT molecular complexity index is 1460. The van der Waals surface area contributed by atoms with Crippen molar-refractivity contribution in [2.75, 3.05) is 23.8 Å². The number of aryl methyl sites for hydroxylation is 1. The van der Waals surface area contributed by atoms with Gasteiger partial charge in [0.2, 0.25) is 0 Å². The minimum Gasteiger partial charge on any atom is -0.356 e. The molecule has 2 atom stereocenters. The van der Waals surface area contributed by atoms with Gasteiger partial charge in [-0.05, 0) is 56.9 Å². The van der Waals surface area contributed by atoms with Crippen LogP contribution in [0, 0.1) is 6.92 Å². The molecule has 2 aliphatic rings. The summed E-state index contributed by atoms with van der Waals surface area (Å²) >= 11 is 1.58. The molecule has 0 saturated carbocycles. The van der Waals surface area contributed by atoms with Crippen LogP contribution in [0.2, 0.25) is 0 Å². The Labute approximate surface area is 236 Å². The normalized spacial score (nSPS) is 19.3. The number of nitrogens with zero attached hydrogens (tertiary/aromatic N) is 4. The maximum atomic E-state index is 13.0. The smallest absolute Gasteiger partial charge is 0.315 e.